The Hall–Kier alpha value is -0.120. The van der Waals surface area contributed by atoms with Crippen LogP contribution in [0.4, 0.5) is 0 Å². The Morgan fingerprint density at radius 2 is 1.55 bits per heavy atom. The first kappa shape index (κ1) is 8.97. The van der Waals surface area contributed by atoms with Crippen molar-refractivity contribution in [1.29, 1.82) is 0 Å². The number of hydrazine groups is 1. The lowest BCUT2D eigenvalue weighted by Gasteiger charge is -2.04. The van der Waals surface area contributed by atoms with E-state index in [2.05, 4.69) is 11.0 Å². The van der Waals surface area contributed by atoms with Crippen molar-refractivity contribution < 1.29 is 4.84 Å². The van der Waals surface area contributed by atoms with Gasteiger partial charge in [0.15, 0.2) is 0 Å². The molecule has 0 bridgehead atoms. The van der Waals surface area contributed by atoms with Crippen LogP contribution < -0.4 is 11.0 Å². The predicted octanol–water partition coefficient (Wildman–Crippen LogP) is 1.37. The van der Waals surface area contributed by atoms with E-state index < -0.39 is 0 Å². The van der Waals surface area contributed by atoms with Gasteiger partial charge in [-0.3, -0.25) is 4.84 Å². The fraction of sp³-hybridized carbons (Fsp3) is 1.00. The quantitative estimate of drug-likeness (QED) is 0.558. The van der Waals surface area contributed by atoms with Crippen LogP contribution in [0.3, 0.4) is 0 Å². The molecule has 0 radical (unpaired) electrons. The van der Waals surface area contributed by atoms with E-state index in [0.29, 0.717) is 0 Å². The van der Waals surface area contributed by atoms with Gasteiger partial charge in [0.25, 0.3) is 0 Å². The molecule has 0 atom stereocenters. The van der Waals surface area contributed by atoms with Gasteiger partial charge in [0, 0.05) is 6.54 Å². The molecule has 1 aliphatic heterocycles. The third-order valence-corrected chi connectivity index (χ3v) is 1.94. The van der Waals surface area contributed by atoms with E-state index >= 15 is 0 Å². The molecule has 1 aliphatic rings. The average molecular weight is 158 g/mol. The maximum atomic E-state index is 5.10. The first-order valence-corrected chi connectivity index (χ1v) is 4.60. The normalized spacial score (nSPS) is 24.0. The molecule has 0 aromatic carbocycles. The Morgan fingerprint density at radius 3 is 2.45 bits per heavy atom. The van der Waals surface area contributed by atoms with E-state index in [1.807, 2.05) is 0 Å². The summed E-state index contributed by atoms with van der Waals surface area (Å²) in [5.41, 5.74) is 5.74. The molecule has 3 nitrogen and oxygen atoms in total. The SMILES string of the molecule is C1CCCCONNCCC1. The van der Waals surface area contributed by atoms with Crippen LogP contribution in [0, 0.1) is 0 Å². The number of hydrogen-bond donors (Lipinski definition) is 2. The Kier molecular flexibility index (Phi) is 5.37. The second-order valence-corrected chi connectivity index (χ2v) is 3.00. The van der Waals surface area contributed by atoms with Gasteiger partial charge < -0.3 is 0 Å². The summed E-state index contributed by atoms with van der Waals surface area (Å²) in [4.78, 5) is 5.10. The van der Waals surface area contributed by atoms with Crippen LogP contribution in [0.25, 0.3) is 0 Å². The van der Waals surface area contributed by atoms with Gasteiger partial charge in [0.05, 0.1) is 6.61 Å². The molecule has 0 amide bonds. The summed E-state index contributed by atoms with van der Waals surface area (Å²) < 4.78 is 0. The highest BCUT2D eigenvalue weighted by molar-refractivity contribution is 4.47. The standard InChI is InChI=1S/C8H18N2O/c1-2-4-6-8-11-10-9-7-5-3-1/h9-10H,1-8H2. The lowest BCUT2D eigenvalue weighted by atomic mass is 10.1. The summed E-state index contributed by atoms with van der Waals surface area (Å²) in [5.74, 6) is 0. The first-order chi connectivity index (χ1) is 5.50. The lowest BCUT2D eigenvalue weighted by molar-refractivity contribution is 0.00948. The van der Waals surface area contributed by atoms with Gasteiger partial charge in [0.1, 0.15) is 0 Å². The molecule has 2 N–H and O–H groups in total. The Morgan fingerprint density at radius 1 is 0.818 bits per heavy atom. The average Bonchev–Trinajstić information content (AvgIpc) is 2.08. The van der Waals surface area contributed by atoms with E-state index in [4.69, 9.17) is 4.84 Å². The number of rotatable bonds is 0. The van der Waals surface area contributed by atoms with Gasteiger partial charge in [0.2, 0.25) is 0 Å². The maximum Gasteiger partial charge on any atom is 0.0698 e. The topological polar surface area (TPSA) is 33.3 Å². The fourth-order valence-corrected chi connectivity index (χ4v) is 1.25. The molecule has 1 heterocycles. The van der Waals surface area contributed by atoms with Crippen molar-refractivity contribution in [1.82, 2.24) is 11.0 Å². The van der Waals surface area contributed by atoms with Crippen LogP contribution in [-0.2, 0) is 4.84 Å². The molecular formula is C8H18N2O. The monoisotopic (exact) mass is 158 g/mol. The van der Waals surface area contributed by atoms with E-state index in [9.17, 15) is 0 Å². The molecular weight excluding hydrogens is 140 g/mol. The molecule has 0 aromatic rings. The predicted molar refractivity (Wildman–Crippen MR) is 44.8 cm³/mol. The molecule has 0 aromatic heterocycles. The van der Waals surface area contributed by atoms with E-state index in [1.54, 1.807) is 0 Å². The highest BCUT2D eigenvalue weighted by atomic mass is 16.7. The van der Waals surface area contributed by atoms with Crippen molar-refractivity contribution in [2.24, 2.45) is 0 Å². The van der Waals surface area contributed by atoms with Gasteiger partial charge in [-0.2, -0.15) is 0 Å². The molecule has 11 heavy (non-hydrogen) atoms. The zero-order valence-corrected chi connectivity index (χ0v) is 7.07. The van der Waals surface area contributed by atoms with Crippen LogP contribution in [0.5, 0.6) is 0 Å². The summed E-state index contributed by atoms with van der Waals surface area (Å²) in [6.07, 6.45) is 7.81. The largest absolute Gasteiger partial charge is 0.287 e. The van der Waals surface area contributed by atoms with E-state index in [0.717, 1.165) is 13.2 Å². The van der Waals surface area contributed by atoms with Gasteiger partial charge in [-0.1, -0.05) is 25.7 Å². The van der Waals surface area contributed by atoms with Gasteiger partial charge in [-0.25, -0.2) is 5.43 Å². The van der Waals surface area contributed by atoms with Crippen LogP contribution in [0.2, 0.25) is 0 Å². The molecule has 1 fully saturated rings. The highest BCUT2D eigenvalue weighted by Gasteiger charge is 1.94. The van der Waals surface area contributed by atoms with Crippen LogP contribution >= 0.6 is 0 Å². The second-order valence-electron chi connectivity index (χ2n) is 3.00. The minimum absolute atomic E-state index is 0.826. The third-order valence-electron chi connectivity index (χ3n) is 1.94. The summed E-state index contributed by atoms with van der Waals surface area (Å²) in [6, 6.07) is 0. The summed E-state index contributed by atoms with van der Waals surface area (Å²) >= 11 is 0. The van der Waals surface area contributed by atoms with Crippen molar-refractivity contribution in [2.75, 3.05) is 13.2 Å². The molecule has 66 valence electrons. The first-order valence-electron chi connectivity index (χ1n) is 4.60. The Balaban J connectivity index is 2.02. The third kappa shape index (κ3) is 5.18. The van der Waals surface area contributed by atoms with Crippen molar-refractivity contribution in [3.8, 4) is 0 Å². The summed E-state index contributed by atoms with van der Waals surface area (Å²) in [6.45, 7) is 1.84. The smallest absolute Gasteiger partial charge is 0.0698 e. The van der Waals surface area contributed by atoms with Crippen molar-refractivity contribution >= 4 is 0 Å². The zero-order chi connectivity index (χ0) is 7.78. The van der Waals surface area contributed by atoms with Gasteiger partial charge in [-0.15, -0.1) is 5.59 Å². The molecule has 3 heteroatoms. The summed E-state index contributed by atoms with van der Waals surface area (Å²) in [5, 5.41) is 0. The minimum atomic E-state index is 0.826. The number of hydrogen-bond acceptors (Lipinski definition) is 3. The lowest BCUT2D eigenvalue weighted by Crippen LogP contribution is -2.32. The van der Waals surface area contributed by atoms with Crippen LogP contribution in [-0.4, -0.2) is 13.2 Å². The fourth-order valence-electron chi connectivity index (χ4n) is 1.25. The molecule has 0 spiro atoms. The minimum Gasteiger partial charge on any atom is -0.287 e. The zero-order valence-electron chi connectivity index (χ0n) is 7.07. The number of nitrogens with one attached hydrogen (secondary N) is 2. The molecule has 0 unspecified atom stereocenters. The Bertz CT molecular complexity index is 50.1. The molecule has 1 rings (SSSR count). The van der Waals surface area contributed by atoms with E-state index in [-0.39, 0.29) is 0 Å². The Labute approximate surface area is 68.4 Å². The van der Waals surface area contributed by atoms with Crippen molar-refractivity contribution in [3.63, 3.8) is 0 Å². The highest BCUT2D eigenvalue weighted by Crippen LogP contribution is 2.05. The van der Waals surface area contributed by atoms with Crippen LogP contribution in [0.15, 0.2) is 0 Å². The van der Waals surface area contributed by atoms with Crippen LogP contribution in [0.1, 0.15) is 38.5 Å². The molecule has 0 aliphatic carbocycles. The van der Waals surface area contributed by atoms with E-state index in [1.165, 1.54) is 38.5 Å². The maximum absolute atomic E-state index is 5.10. The summed E-state index contributed by atoms with van der Waals surface area (Å²) in [7, 11) is 0. The van der Waals surface area contributed by atoms with Gasteiger partial charge in [-0.05, 0) is 12.8 Å². The second kappa shape index (κ2) is 6.58. The van der Waals surface area contributed by atoms with Gasteiger partial charge >= 0.3 is 0 Å². The molecule has 0 saturated carbocycles. The molecule has 1 saturated heterocycles. The van der Waals surface area contributed by atoms with Crippen molar-refractivity contribution in [3.05, 3.63) is 0 Å². The van der Waals surface area contributed by atoms with Crippen molar-refractivity contribution in [2.45, 2.75) is 38.5 Å².